The number of rotatable bonds is 4. The molecule has 2 aliphatic rings. The highest BCUT2D eigenvalue weighted by Crippen LogP contribution is 2.40. The van der Waals surface area contributed by atoms with Gasteiger partial charge < -0.3 is 4.74 Å². The Morgan fingerprint density at radius 2 is 1.80 bits per heavy atom. The van der Waals surface area contributed by atoms with Gasteiger partial charge in [0, 0.05) is 6.54 Å². The number of amides is 1. The molecular weight excluding hydrogens is 428 g/mol. The molecule has 0 aromatic heterocycles. The lowest BCUT2D eigenvalue weighted by atomic mass is 9.95. The number of hydrogen-bond donors (Lipinski definition) is 0. The summed E-state index contributed by atoms with van der Waals surface area (Å²) in [4.78, 5) is 12.5. The van der Waals surface area contributed by atoms with E-state index in [2.05, 4.69) is 0 Å². The molecule has 8 nitrogen and oxygen atoms in total. The van der Waals surface area contributed by atoms with E-state index in [9.17, 15) is 21.6 Å². The van der Waals surface area contributed by atoms with Gasteiger partial charge in [-0.1, -0.05) is 18.2 Å². The van der Waals surface area contributed by atoms with Gasteiger partial charge in [-0.2, -0.15) is 0 Å². The van der Waals surface area contributed by atoms with E-state index in [4.69, 9.17) is 4.74 Å². The number of hydrogen-bond acceptors (Lipinski definition) is 6. The smallest absolute Gasteiger partial charge is 0.268 e. The molecule has 2 aliphatic heterocycles. The molecule has 2 aromatic rings. The van der Waals surface area contributed by atoms with Crippen LogP contribution in [0.5, 0.6) is 5.75 Å². The minimum absolute atomic E-state index is 0.0163. The molecule has 2 heterocycles. The number of ether oxygens (including phenoxy) is 1. The molecule has 1 saturated heterocycles. The standard InChI is InChI=1S/C20H22N2O6S2/c1-20(2)13-29(24,25)22(19(20)23)15-8-9-17(28-3)18(12-15)30(26,27)21-11-10-14-6-4-5-7-16(14)21/h4-9,12H,10-11,13H2,1-3H3. The van der Waals surface area contributed by atoms with Crippen molar-refractivity contribution in [3.8, 4) is 5.75 Å². The van der Waals surface area contributed by atoms with E-state index in [1.165, 1.54) is 29.6 Å². The molecule has 1 amide bonds. The van der Waals surface area contributed by atoms with Gasteiger partial charge >= 0.3 is 0 Å². The van der Waals surface area contributed by atoms with Crippen LogP contribution in [0.25, 0.3) is 0 Å². The predicted molar refractivity (Wildman–Crippen MR) is 113 cm³/mol. The lowest BCUT2D eigenvalue weighted by Crippen LogP contribution is -2.33. The molecule has 0 N–H and O–H groups in total. The molecule has 2 aromatic carbocycles. The zero-order valence-electron chi connectivity index (χ0n) is 16.8. The first-order valence-electron chi connectivity index (χ1n) is 9.35. The summed E-state index contributed by atoms with van der Waals surface area (Å²) in [6, 6.07) is 11.2. The summed E-state index contributed by atoms with van der Waals surface area (Å²) in [7, 11) is -6.63. The van der Waals surface area contributed by atoms with Crippen LogP contribution < -0.4 is 13.3 Å². The Hall–Kier alpha value is -2.59. The Kier molecular flexibility index (Phi) is 4.62. The van der Waals surface area contributed by atoms with E-state index in [1.54, 1.807) is 26.0 Å². The second-order valence-corrected chi connectivity index (χ2v) is 11.6. The van der Waals surface area contributed by atoms with Crippen LogP contribution in [0.4, 0.5) is 11.4 Å². The molecular formula is C20H22N2O6S2. The Morgan fingerprint density at radius 3 is 2.43 bits per heavy atom. The Bertz CT molecular complexity index is 1250. The molecule has 0 spiro atoms. The molecule has 0 saturated carbocycles. The molecule has 0 unspecified atom stereocenters. The van der Waals surface area contributed by atoms with Crippen molar-refractivity contribution in [2.45, 2.75) is 25.2 Å². The Balaban J connectivity index is 1.85. The van der Waals surface area contributed by atoms with Crippen molar-refractivity contribution < 1.29 is 26.4 Å². The number of anilines is 2. The molecule has 30 heavy (non-hydrogen) atoms. The van der Waals surface area contributed by atoms with Gasteiger partial charge in [-0.15, -0.1) is 0 Å². The van der Waals surface area contributed by atoms with Gasteiger partial charge in [0.05, 0.1) is 29.7 Å². The van der Waals surface area contributed by atoms with Crippen molar-refractivity contribution >= 4 is 37.3 Å². The molecule has 0 atom stereocenters. The number of nitrogens with zero attached hydrogens (tertiary/aromatic N) is 2. The minimum Gasteiger partial charge on any atom is -0.495 e. The maximum absolute atomic E-state index is 13.5. The van der Waals surface area contributed by atoms with Gasteiger partial charge in [0.2, 0.25) is 15.9 Å². The van der Waals surface area contributed by atoms with Crippen molar-refractivity contribution in [1.82, 2.24) is 0 Å². The highest BCUT2D eigenvalue weighted by molar-refractivity contribution is 7.94. The van der Waals surface area contributed by atoms with E-state index in [1.807, 2.05) is 12.1 Å². The lowest BCUT2D eigenvalue weighted by molar-refractivity contribution is -0.123. The van der Waals surface area contributed by atoms with Crippen LogP contribution in [0.1, 0.15) is 19.4 Å². The predicted octanol–water partition coefficient (Wildman–Crippen LogP) is 2.15. The average Bonchev–Trinajstić information content (AvgIpc) is 3.18. The monoisotopic (exact) mass is 450 g/mol. The second kappa shape index (κ2) is 6.71. The van der Waals surface area contributed by atoms with Crippen LogP contribution in [-0.4, -0.2) is 42.2 Å². The fourth-order valence-electron chi connectivity index (χ4n) is 3.93. The summed E-state index contributed by atoms with van der Waals surface area (Å²) < 4.78 is 59.5. The maximum atomic E-state index is 13.5. The lowest BCUT2D eigenvalue weighted by Gasteiger charge is -2.23. The fourth-order valence-corrected chi connectivity index (χ4v) is 7.71. The number of methoxy groups -OCH3 is 1. The molecule has 0 radical (unpaired) electrons. The SMILES string of the molecule is COc1ccc(N2C(=O)C(C)(C)CS2(=O)=O)cc1S(=O)(=O)N1CCc2ccccc21. The first-order chi connectivity index (χ1) is 14.0. The average molecular weight is 451 g/mol. The van der Waals surface area contributed by atoms with Crippen LogP contribution in [-0.2, 0) is 31.3 Å². The Labute approximate surface area is 176 Å². The van der Waals surface area contributed by atoms with Gasteiger partial charge in [0.15, 0.2) is 0 Å². The zero-order valence-corrected chi connectivity index (χ0v) is 18.5. The number of sulfonamides is 2. The first kappa shape index (κ1) is 20.7. The third kappa shape index (κ3) is 3.05. The van der Waals surface area contributed by atoms with Crippen LogP contribution in [0.15, 0.2) is 47.4 Å². The summed E-state index contributed by atoms with van der Waals surface area (Å²) >= 11 is 0. The van der Waals surface area contributed by atoms with Gasteiger partial charge in [0.1, 0.15) is 10.6 Å². The van der Waals surface area contributed by atoms with Gasteiger partial charge in [-0.3, -0.25) is 9.10 Å². The second-order valence-electron chi connectivity index (χ2n) is 8.00. The summed E-state index contributed by atoms with van der Waals surface area (Å²) in [5.74, 6) is -0.860. The van der Waals surface area contributed by atoms with Gasteiger partial charge in [-0.05, 0) is 50.1 Å². The third-order valence-corrected chi connectivity index (χ3v) is 9.23. The normalized spacial score (nSPS) is 19.8. The van der Waals surface area contributed by atoms with E-state index in [0.29, 0.717) is 16.4 Å². The number of benzene rings is 2. The maximum Gasteiger partial charge on any atom is 0.268 e. The molecule has 0 aliphatic carbocycles. The quantitative estimate of drug-likeness (QED) is 0.708. The number of para-hydroxylation sites is 1. The zero-order chi connectivity index (χ0) is 21.9. The topological polar surface area (TPSA) is 101 Å². The van der Waals surface area contributed by atoms with E-state index >= 15 is 0 Å². The van der Waals surface area contributed by atoms with Crippen molar-refractivity contribution in [3.05, 3.63) is 48.0 Å². The summed E-state index contributed by atoms with van der Waals surface area (Å²) in [5, 5.41) is 0. The van der Waals surface area contributed by atoms with Crippen molar-refractivity contribution in [1.29, 1.82) is 0 Å². The van der Waals surface area contributed by atoms with Gasteiger partial charge in [0.25, 0.3) is 10.0 Å². The van der Waals surface area contributed by atoms with Crippen molar-refractivity contribution in [2.75, 3.05) is 28.0 Å². The van der Waals surface area contributed by atoms with Crippen LogP contribution in [0, 0.1) is 5.41 Å². The van der Waals surface area contributed by atoms with Crippen molar-refractivity contribution in [3.63, 3.8) is 0 Å². The third-order valence-electron chi connectivity index (χ3n) is 5.38. The summed E-state index contributed by atoms with van der Waals surface area (Å²) in [6.07, 6.45) is 0.574. The molecule has 10 heteroatoms. The fraction of sp³-hybridized carbons (Fsp3) is 0.350. The highest BCUT2D eigenvalue weighted by atomic mass is 32.2. The molecule has 0 bridgehead atoms. The molecule has 1 fully saturated rings. The van der Waals surface area contributed by atoms with Gasteiger partial charge in [-0.25, -0.2) is 21.1 Å². The number of fused-ring (bicyclic) bond motifs is 1. The summed E-state index contributed by atoms with van der Waals surface area (Å²) in [6.45, 7) is 3.37. The van der Waals surface area contributed by atoms with Crippen molar-refractivity contribution in [2.24, 2.45) is 5.41 Å². The van der Waals surface area contributed by atoms with Crippen LogP contribution in [0.2, 0.25) is 0 Å². The summed E-state index contributed by atoms with van der Waals surface area (Å²) in [5.41, 5.74) is 0.384. The Morgan fingerprint density at radius 1 is 1.10 bits per heavy atom. The number of carbonyl (C=O) groups excluding carboxylic acids is 1. The van der Waals surface area contributed by atoms with E-state index in [0.717, 1.165) is 5.56 Å². The van der Waals surface area contributed by atoms with E-state index < -0.39 is 31.4 Å². The van der Waals surface area contributed by atoms with E-state index in [-0.39, 0.29) is 28.6 Å². The minimum atomic E-state index is -4.05. The largest absolute Gasteiger partial charge is 0.495 e. The highest BCUT2D eigenvalue weighted by Gasteiger charge is 2.50. The van der Waals surface area contributed by atoms with Crippen LogP contribution in [0.3, 0.4) is 0 Å². The first-order valence-corrected chi connectivity index (χ1v) is 12.4. The molecule has 4 rings (SSSR count). The van der Waals surface area contributed by atoms with Crippen LogP contribution >= 0.6 is 0 Å². The number of carbonyl (C=O) groups is 1. The molecule has 160 valence electrons.